The van der Waals surface area contributed by atoms with Crippen molar-refractivity contribution in [3.8, 4) is 0 Å². The summed E-state index contributed by atoms with van der Waals surface area (Å²) in [5.74, 6) is 0.418. The monoisotopic (exact) mass is 366 g/mol. The lowest BCUT2D eigenvalue weighted by atomic mass is 9.94. The van der Waals surface area contributed by atoms with Crippen molar-refractivity contribution in [1.82, 2.24) is 24.8 Å². The van der Waals surface area contributed by atoms with Crippen LogP contribution in [-0.2, 0) is 13.0 Å². The zero-order valence-corrected chi connectivity index (χ0v) is 15.5. The van der Waals surface area contributed by atoms with E-state index in [2.05, 4.69) is 30.2 Å². The van der Waals surface area contributed by atoms with Crippen LogP contribution in [0.15, 0.2) is 36.9 Å². The molecule has 3 aromatic rings. The molecule has 0 saturated heterocycles. The first kappa shape index (κ1) is 17.6. The highest BCUT2D eigenvalue weighted by Crippen LogP contribution is 2.35. The van der Waals surface area contributed by atoms with Gasteiger partial charge in [-0.05, 0) is 19.9 Å². The van der Waals surface area contributed by atoms with Crippen molar-refractivity contribution >= 4 is 5.95 Å². The first-order chi connectivity index (χ1) is 13.2. The van der Waals surface area contributed by atoms with Gasteiger partial charge in [-0.3, -0.25) is 4.90 Å². The Labute approximate surface area is 157 Å². The Morgan fingerprint density at radius 3 is 2.85 bits per heavy atom. The number of aryl methyl sites for hydroxylation is 1. The topological polar surface area (TPSA) is 69.7 Å². The number of halogens is 1. The van der Waals surface area contributed by atoms with Gasteiger partial charge in [0.2, 0.25) is 5.95 Å². The molecule has 4 rings (SSSR count). The Morgan fingerprint density at radius 2 is 2.07 bits per heavy atom. The lowest BCUT2D eigenvalue weighted by Gasteiger charge is -2.35. The molecule has 0 saturated carbocycles. The summed E-state index contributed by atoms with van der Waals surface area (Å²) in [6.45, 7) is 6.21. The number of imidazole rings is 1. The van der Waals surface area contributed by atoms with Crippen molar-refractivity contribution in [3.63, 3.8) is 0 Å². The normalized spacial score (nSPS) is 16.9. The molecule has 2 aromatic heterocycles. The molecule has 0 radical (unpaired) electrons. The van der Waals surface area contributed by atoms with E-state index < -0.39 is 0 Å². The fourth-order valence-corrected chi connectivity index (χ4v) is 3.63. The second-order valence-corrected chi connectivity index (χ2v) is 6.86. The minimum absolute atomic E-state index is 0.204. The molecular weight excluding hydrogens is 343 g/mol. The lowest BCUT2D eigenvalue weighted by Crippen LogP contribution is -2.36. The van der Waals surface area contributed by atoms with E-state index in [4.69, 9.17) is 0 Å². The average molecular weight is 366 g/mol. The van der Waals surface area contributed by atoms with E-state index in [1.165, 1.54) is 6.07 Å². The van der Waals surface area contributed by atoms with Gasteiger partial charge in [-0.2, -0.15) is 0 Å². The molecule has 3 heterocycles. The third kappa shape index (κ3) is 3.55. The van der Waals surface area contributed by atoms with Crippen molar-refractivity contribution in [3.05, 3.63) is 70.8 Å². The highest BCUT2D eigenvalue weighted by molar-refractivity contribution is 5.36. The van der Waals surface area contributed by atoms with Crippen molar-refractivity contribution in [2.75, 3.05) is 18.4 Å². The first-order valence-corrected chi connectivity index (χ1v) is 9.22. The van der Waals surface area contributed by atoms with Gasteiger partial charge in [-0.1, -0.05) is 17.7 Å². The SMILES string of the molecule is CCNc1ncc(CN2CCc3[nH]cnc3[C@H]2c2cc(C)ccc2F)cn1. The van der Waals surface area contributed by atoms with Crippen LogP contribution < -0.4 is 5.32 Å². The summed E-state index contributed by atoms with van der Waals surface area (Å²) in [4.78, 5) is 18.7. The Kier molecular flexibility index (Phi) is 4.85. The second-order valence-electron chi connectivity index (χ2n) is 6.86. The number of hydrogen-bond donors (Lipinski definition) is 2. The Balaban J connectivity index is 1.67. The first-order valence-electron chi connectivity index (χ1n) is 9.22. The van der Waals surface area contributed by atoms with Crippen LogP contribution in [0.4, 0.5) is 10.3 Å². The van der Waals surface area contributed by atoms with Crippen LogP contribution in [0.5, 0.6) is 0 Å². The standard InChI is InChI=1S/C20H23FN6/c1-3-22-20-23-9-14(10-24-20)11-27-7-6-17-18(26-12-25-17)19(27)15-8-13(2)4-5-16(15)21/h4-5,8-10,12,19H,3,6-7,11H2,1-2H3,(H,25,26)(H,22,23,24)/t19-/m1/s1. The number of aromatic amines is 1. The highest BCUT2D eigenvalue weighted by Gasteiger charge is 2.32. The molecule has 0 aliphatic carbocycles. The molecule has 27 heavy (non-hydrogen) atoms. The number of benzene rings is 1. The number of H-pyrrole nitrogens is 1. The number of rotatable bonds is 5. The number of fused-ring (bicyclic) bond motifs is 1. The minimum atomic E-state index is -0.228. The van der Waals surface area contributed by atoms with Crippen molar-refractivity contribution in [1.29, 1.82) is 0 Å². The predicted molar refractivity (Wildman–Crippen MR) is 102 cm³/mol. The fourth-order valence-electron chi connectivity index (χ4n) is 3.63. The van der Waals surface area contributed by atoms with Crippen LogP contribution in [0.2, 0.25) is 0 Å². The van der Waals surface area contributed by atoms with Crippen LogP contribution in [0.1, 0.15) is 41.0 Å². The number of nitrogens with zero attached hydrogens (tertiary/aromatic N) is 4. The zero-order chi connectivity index (χ0) is 18.8. The molecule has 1 aromatic carbocycles. The molecule has 1 aliphatic rings. The molecule has 140 valence electrons. The molecular formula is C20H23FN6. The van der Waals surface area contributed by atoms with Gasteiger partial charge in [0.15, 0.2) is 0 Å². The molecule has 0 spiro atoms. The molecule has 1 aliphatic heterocycles. The molecule has 0 unspecified atom stereocenters. The molecule has 6 nitrogen and oxygen atoms in total. The van der Waals surface area contributed by atoms with Crippen LogP contribution >= 0.6 is 0 Å². The van der Waals surface area contributed by atoms with E-state index >= 15 is 0 Å². The van der Waals surface area contributed by atoms with E-state index in [1.54, 1.807) is 12.4 Å². The van der Waals surface area contributed by atoms with Crippen molar-refractivity contribution in [2.45, 2.75) is 32.9 Å². The molecule has 2 N–H and O–H groups in total. The summed E-state index contributed by atoms with van der Waals surface area (Å²) in [5, 5.41) is 3.10. The lowest BCUT2D eigenvalue weighted by molar-refractivity contribution is 0.196. The molecule has 7 heteroatoms. The minimum Gasteiger partial charge on any atom is -0.355 e. The third-order valence-corrected chi connectivity index (χ3v) is 4.90. The van der Waals surface area contributed by atoms with E-state index in [0.29, 0.717) is 18.1 Å². The summed E-state index contributed by atoms with van der Waals surface area (Å²) < 4.78 is 14.7. The summed E-state index contributed by atoms with van der Waals surface area (Å²) in [6.07, 6.45) is 6.21. The van der Waals surface area contributed by atoms with Gasteiger partial charge in [-0.25, -0.2) is 19.3 Å². The van der Waals surface area contributed by atoms with Crippen LogP contribution in [-0.4, -0.2) is 37.9 Å². The Morgan fingerprint density at radius 1 is 1.26 bits per heavy atom. The van der Waals surface area contributed by atoms with E-state index in [9.17, 15) is 4.39 Å². The Bertz CT molecular complexity index is 920. The third-order valence-electron chi connectivity index (χ3n) is 4.90. The second kappa shape index (κ2) is 7.44. The van der Waals surface area contributed by atoms with Crippen molar-refractivity contribution in [2.24, 2.45) is 0 Å². The maximum Gasteiger partial charge on any atom is 0.222 e. The van der Waals surface area contributed by atoms with Crippen LogP contribution in [0.3, 0.4) is 0 Å². The average Bonchev–Trinajstić information content (AvgIpc) is 3.14. The molecule has 0 fully saturated rings. The maximum absolute atomic E-state index is 14.7. The highest BCUT2D eigenvalue weighted by atomic mass is 19.1. The van der Waals surface area contributed by atoms with Gasteiger partial charge in [0.25, 0.3) is 0 Å². The van der Waals surface area contributed by atoms with Gasteiger partial charge in [0.1, 0.15) is 5.82 Å². The van der Waals surface area contributed by atoms with Crippen molar-refractivity contribution < 1.29 is 4.39 Å². The smallest absolute Gasteiger partial charge is 0.222 e. The summed E-state index contributed by atoms with van der Waals surface area (Å²) in [5.41, 5.74) is 4.67. The van der Waals surface area contributed by atoms with Gasteiger partial charge in [-0.15, -0.1) is 0 Å². The van der Waals surface area contributed by atoms with Gasteiger partial charge in [0, 0.05) is 55.3 Å². The number of hydrogen-bond acceptors (Lipinski definition) is 5. The largest absolute Gasteiger partial charge is 0.355 e. The maximum atomic E-state index is 14.7. The quantitative estimate of drug-likeness (QED) is 0.726. The van der Waals surface area contributed by atoms with E-state index in [1.807, 2.05) is 32.3 Å². The summed E-state index contributed by atoms with van der Waals surface area (Å²) >= 11 is 0. The Hall–Kier alpha value is -2.80. The molecule has 0 bridgehead atoms. The summed E-state index contributed by atoms with van der Waals surface area (Å²) in [7, 11) is 0. The van der Waals surface area contributed by atoms with Crippen LogP contribution in [0.25, 0.3) is 0 Å². The predicted octanol–water partition coefficient (Wildman–Crippen LogP) is 3.23. The molecule has 1 atom stereocenters. The van der Waals surface area contributed by atoms with E-state index in [0.717, 1.165) is 42.0 Å². The zero-order valence-electron chi connectivity index (χ0n) is 15.5. The van der Waals surface area contributed by atoms with E-state index in [-0.39, 0.29) is 11.9 Å². The van der Waals surface area contributed by atoms with Crippen LogP contribution in [0, 0.1) is 12.7 Å². The van der Waals surface area contributed by atoms with Gasteiger partial charge < -0.3 is 10.3 Å². The number of aromatic nitrogens is 4. The number of anilines is 1. The molecule has 0 amide bonds. The van der Waals surface area contributed by atoms with Gasteiger partial charge >= 0.3 is 0 Å². The fraction of sp³-hybridized carbons (Fsp3) is 0.350. The summed E-state index contributed by atoms with van der Waals surface area (Å²) in [6, 6.07) is 5.03. The van der Waals surface area contributed by atoms with Gasteiger partial charge in [0.05, 0.1) is 18.1 Å². The number of nitrogens with one attached hydrogen (secondary N) is 2.